The number of fused-ring (bicyclic) bond motifs is 3. The van der Waals surface area contributed by atoms with E-state index >= 15 is 0 Å². The molecular weight excluding hydrogens is 579 g/mol. The summed E-state index contributed by atoms with van der Waals surface area (Å²) in [5.74, 6) is -0.577. The minimum atomic E-state index is -4.81. The molecule has 6 rings (SSSR count). The number of ether oxygens (including phenoxy) is 1. The molecular formula is C37H34F3NO4. The lowest BCUT2D eigenvalue weighted by atomic mass is 9.72. The van der Waals surface area contributed by atoms with E-state index < -0.39 is 28.7 Å². The highest BCUT2D eigenvalue weighted by Gasteiger charge is 2.53. The molecule has 0 N–H and O–H groups in total. The van der Waals surface area contributed by atoms with E-state index in [9.17, 15) is 22.8 Å². The molecule has 0 amide bonds. The summed E-state index contributed by atoms with van der Waals surface area (Å²) in [4.78, 5) is 28.3. The Balaban J connectivity index is 0.00000196. The molecule has 5 nitrogen and oxygen atoms in total. The Morgan fingerprint density at radius 2 is 1.58 bits per heavy atom. The van der Waals surface area contributed by atoms with Gasteiger partial charge in [0, 0.05) is 35.4 Å². The molecule has 1 unspecified atom stereocenters. The van der Waals surface area contributed by atoms with Gasteiger partial charge in [-0.1, -0.05) is 61.9 Å². The molecule has 0 aliphatic carbocycles. The first kappa shape index (κ1) is 31.6. The van der Waals surface area contributed by atoms with E-state index in [4.69, 9.17) is 9.15 Å². The third kappa shape index (κ3) is 5.28. The summed E-state index contributed by atoms with van der Waals surface area (Å²) in [6, 6.07) is 17.4. The van der Waals surface area contributed by atoms with Crippen molar-refractivity contribution in [2.45, 2.75) is 46.5 Å². The molecule has 45 heavy (non-hydrogen) atoms. The first-order valence-electron chi connectivity index (χ1n) is 14.7. The largest absolute Gasteiger partial charge is 0.462 e. The third-order valence-electron chi connectivity index (χ3n) is 8.55. The van der Waals surface area contributed by atoms with Crippen LogP contribution in [0.4, 0.5) is 13.2 Å². The maximum absolute atomic E-state index is 14.6. The van der Waals surface area contributed by atoms with Crippen LogP contribution in [0.25, 0.3) is 29.2 Å². The van der Waals surface area contributed by atoms with Gasteiger partial charge in [0.25, 0.3) is 0 Å². The maximum Gasteiger partial charge on any atom is 0.420 e. The van der Waals surface area contributed by atoms with Crippen molar-refractivity contribution in [2.75, 3.05) is 7.05 Å². The average molecular weight is 614 g/mol. The van der Waals surface area contributed by atoms with E-state index in [0.29, 0.717) is 27.9 Å². The number of nitrogens with zero attached hydrogens (tertiary/aromatic N) is 1. The predicted molar refractivity (Wildman–Crippen MR) is 172 cm³/mol. The van der Waals surface area contributed by atoms with Crippen LogP contribution < -0.4 is 10.2 Å². The molecule has 2 aliphatic heterocycles. The van der Waals surface area contributed by atoms with Gasteiger partial charge in [0.15, 0.2) is 5.78 Å². The number of benzene rings is 3. The fourth-order valence-corrected chi connectivity index (χ4v) is 5.75. The summed E-state index contributed by atoms with van der Waals surface area (Å²) < 4.78 is 56.4. The van der Waals surface area contributed by atoms with Crippen LogP contribution in [0.3, 0.4) is 0 Å². The van der Waals surface area contributed by atoms with Crippen molar-refractivity contribution in [1.29, 1.82) is 0 Å². The number of hydrogen-bond donors (Lipinski definition) is 0. The van der Waals surface area contributed by atoms with E-state index in [-0.39, 0.29) is 27.9 Å². The van der Waals surface area contributed by atoms with Crippen LogP contribution in [-0.2, 0) is 6.18 Å². The Morgan fingerprint density at radius 3 is 2.27 bits per heavy atom. The topological polar surface area (TPSA) is 59.8 Å². The van der Waals surface area contributed by atoms with Crippen LogP contribution in [0, 0.1) is 5.41 Å². The Labute approximate surface area is 259 Å². The van der Waals surface area contributed by atoms with E-state index in [2.05, 4.69) is 0 Å². The third-order valence-corrected chi connectivity index (χ3v) is 8.55. The predicted octanol–water partition coefficient (Wildman–Crippen LogP) is 9.22. The van der Waals surface area contributed by atoms with Crippen LogP contribution in [0.5, 0.6) is 5.75 Å². The molecule has 0 radical (unpaired) electrons. The van der Waals surface area contributed by atoms with Crippen molar-refractivity contribution in [3.63, 3.8) is 0 Å². The van der Waals surface area contributed by atoms with E-state index in [1.165, 1.54) is 6.07 Å². The molecule has 0 bridgehead atoms. The summed E-state index contributed by atoms with van der Waals surface area (Å²) in [6.45, 7) is 9.53. The molecule has 3 aromatic carbocycles. The highest BCUT2D eigenvalue weighted by atomic mass is 19.4. The molecule has 8 heteroatoms. The normalized spacial score (nSPS) is 20.3. The van der Waals surface area contributed by atoms with Gasteiger partial charge in [0.05, 0.1) is 16.5 Å². The van der Waals surface area contributed by atoms with Gasteiger partial charge in [-0.3, -0.25) is 9.59 Å². The number of ketones is 1. The zero-order chi connectivity index (χ0) is 32.7. The van der Waals surface area contributed by atoms with E-state index in [0.717, 1.165) is 6.07 Å². The van der Waals surface area contributed by atoms with Crippen molar-refractivity contribution < 1.29 is 27.1 Å². The van der Waals surface area contributed by atoms with Crippen LogP contribution in [0.15, 0.2) is 93.8 Å². The molecule has 4 aromatic rings. The number of likely N-dealkylation sites (N-methyl/N-ethyl adjacent to an activating group) is 1. The molecule has 0 fully saturated rings. The van der Waals surface area contributed by atoms with Crippen LogP contribution in [-0.4, -0.2) is 23.5 Å². The second-order valence-electron chi connectivity index (χ2n) is 11.4. The lowest BCUT2D eigenvalue weighted by Crippen LogP contribution is -2.59. The zero-order valence-electron chi connectivity index (χ0n) is 26.0. The lowest BCUT2D eigenvalue weighted by molar-refractivity contribution is -0.143. The molecule has 0 saturated heterocycles. The highest BCUT2D eigenvalue weighted by Crippen LogP contribution is 2.51. The Bertz CT molecular complexity index is 1930. The fraction of sp³-hybridized carbons (Fsp3) is 0.243. The molecule has 0 saturated carbocycles. The van der Waals surface area contributed by atoms with Gasteiger partial charge in [-0.2, -0.15) is 13.2 Å². The second kappa shape index (κ2) is 11.6. The minimum Gasteiger partial charge on any atom is -0.462 e. The second-order valence-corrected chi connectivity index (χ2v) is 11.4. The van der Waals surface area contributed by atoms with Crippen molar-refractivity contribution in [1.82, 2.24) is 4.90 Å². The number of hydrogen-bond acceptors (Lipinski definition) is 5. The number of carbonyl (C=O) groups is 1. The Hall–Kier alpha value is -4.85. The first-order valence-corrected chi connectivity index (χ1v) is 14.7. The summed E-state index contributed by atoms with van der Waals surface area (Å²) >= 11 is 0. The summed E-state index contributed by atoms with van der Waals surface area (Å²) in [5.41, 5.74) is -1.90. The molecule has 3 heterocycles. The maximum atomic E-state index is 14.6. The van der Waals surface area contributed by atoms with Gasteiger partial charge in [0.1, 0.15) is 17.1 Å². The molecule has 232 valence electrons. The SMILES string of the molecule is C/C1=C\c2c(oc3ccccc3c2=O)/C=C/N(C)C2(C=Cc3cc(C(=O)c4ccccc4)cc(C(F)(F)F)c3O2)C1(C)C.CC. The van der Waals surface area contributed by atoms with Crippen LogP contribution >= 0.6 is 0 Å². The average Bonchev–Trinajstić information content (AvgIpc) is 3.06. The quantitative estimate of drug-likeness (QED) is 0.211. The van der Waals surface area contributed by atoms with E-state index in [1.54, 1.807) is 97.0 Å². The van der Waals surface area contributed by atoms with Gasteiger partial charge < -0.3 is 14.1 Å². The standard InChI is InChI=1S/C35H28F3NO4.C2H6/c1-21-18-26-29(42-28-13-9-8-12-25(28)31(26)41)15-17-39(4)34(33(21,2)3)16-14-23-19-24(30(40)22-10-6-5-7-11-22)20-27(32(23)43-34)35(36,37)38;1-2/h5-20H,1-4H3;1-2H3/b17-15+,21-18+;. The first-order chi connectivity index (χ1) is 21.3. The smallest absolute Gasteiger partial charge is 0.420 e. The Kier molecular flexibility index (Phi) is 8.12. The monoisotopic (exact) mass is 613 g/mol. The van der Waals surface area contributed by atoms with Crippen molar-refractivity contribution in [3.8, 4) is 5.75 Å². The highest BCUT2D eigenvalue weighted by molar-refractivity contribution is 6.09. The van der Waals surface area contributed by atoms with Gasteiger partial charge in [0.2, 0.25) is 11.2 Å². The van der Waals surface area contributed by atoms with Crippen molar-refractivity contribution >= 4 is 35.0 Å². The number of rotatable bonds is 2. The van der Waals surface area contributed by atoms with Gasteiger partial charge >= 0.3 is 6.18 Å². The van der Waals surface area contributed by atoms with Gasteiger partial charge in [-0.05, 0) is 69.3 Å². The Morgan fingerprint density at radius 1 is 0.911 bits per heavy atom. The van der Waals surface area contributed by atoms with Crippen molar-refractivity contribution in [2.24, 2.45) is 5.41 Å². The molecule has 1 aromatic heterocycles. The zero-order valence-corrected chi connectivity index (χ0v) is 26.0. The number of halogens is 3. The van der Waals surface area contributed by atoms with Gasteiger partial charge in [-0.15, -0.1) is 0 Å². The van der Waals surface area contributed by atoms with Crippen LogP contribution in [0.1, 0.15) is 73.0 Å². The summed E-state index contributed by atoms with van der Waals surface area (Å²) in [5, 5.41) is 0.428. The lowest BCUT2D eigenvalue weighted by Gasteiger charge is -2.51. The summed E-state index contributed by atoms with van der Waals surface area (Å²) in [6.07, 6.45) is 3.44. The number of para-hydroxylation sites is 1. The van der Waals surface area contributed by atoms with Gasteiger partial charge in [-0.25, -0.2) is 0 Å². The fourth-order valence-electron chi connectivity index (χ4n) is 5.75. The number of carbonyl (C=O) groups excluding carboxylic acids is 1. The summed E-state index contributed by atoms with van der Waals surface area (Å²) in [7, 11) is 1.70. The number of alkyl halides is 3. The molecule has 1 atom stereocenters. The molecule has 1 spiro atoms. The van der Waals surface area contributed by atoms with Crippen molar-refractivity contribution in [3.05, 3.63) is 128 Å². The van der Waals surface area contributed by atoms with Crippen LogP contribution in [0.2, 0.25) is 0 Å². The molecule has 2 aliphatic rings. The van der Waals surface area contributed by atoms with E-state index in [1.807, 2.05) is 34.6 Å². The minimum absolute atomic E-state index is 0.0911.